The number of hydrogen-bond donors (Lipinski definition) is 1. The first kappa shape index (κ1) is 17.3. The predicted octanol–water partition coefficient (Wildman–Crippen LogP) is 2.68. The first-order valence-electron chi connectivity index (χ1n) is 8.78. The van der Waals surface area contributed by atoms with Crippen LogP contribution in [-0.2, 0) is 4.79 Å². The largest absolute Gasteiger partial charge is 0.496 e. The zero-order valence-corrected chi connectivity index (χ0v) is 15.0. The Hall–Kier alpha value is -2.50. The molecule has 134 valence electrons. The van der Waals surface area contributed by atoms with Crippen LogP contribution in [0.25, 0.3) is 0 Å². The number of hydrogen-bond acceptors (Lipinski definition) is 3. The fourth-order valence-electron chi connectivity index (χ4n) is 3.49. The van der Waals surface area contributed by atoms with Gasteiger partial charge in [-0.3, -0.25) is 9.69 Å². The zero-order chi connectivity index (χ0) is 18.0. The van der Waals surface area contributed by atoms with E-state index < -0.39 is 6.04 Å². The number of likely N-dealkylation sites (N-methyl/N-ethyl adjacent to an activating group) is 1. The highest BCUT2D eigenvalue weighted by molar-refractivity contribution is 6.01. The monoisotopic (exact) mass is 343 g/mol. The lowest BCUT2D eigenvalue weighted by atomic mass is 9.95. The quantitative estimate of drug-likeness (QED) is 0.808. The number of ether oxygens (including phenoxy) is 1. The number of amides is 3. The van der Waals surface area contributed by atoms with Crippen LogP contribution >= 0.6 is 0 Å². The van der Waals surface area contributed by atoms with Gasteiger partial charge in [0.2, 0.25) is 0 Å². The van der Waals surface area contributed by atoms with Gasteiger partial charge in [0.1, 0.15) is 5.75 Å². The highest BCUT2D eigenvalue weighted by atomic mass is 16.5. The molecule has 2 aliphatic heterocycles. The van der Waals surface area contributed by atoms with Gasteiger partial charge in [-0.05, 0) is 12.5 Å². The van der Waals surface area contributed by atoms with E-state index in [1.165, 1.54) is 0 Å². The molecule has 1 N–H and O–H groups in total. The number of carbonyl (C=O) groups excluding carboxylic acids is 2. The average molecular weight is 343 g/mol. The second-order valence-electron chi connectivity index (χ2n) is 6.48. The number of rotatable bonds is 6. The fraction of sp³-hybridized carbons (Fsp3) is 0.474. The van der Waals surface area contributed by atoms with E-state index in [4.69, 9.17) is 4.74 Å². The smallest absolute Gasteiger partial charge is 0.322 e. The minimum atomic E-state index is -0.474. The molecule has 0 fully saturated rings. The van der Waals surface area contributed by atoms with Crippen molar-refractivity contribution in [3.63, 3.8) is 0 Å². The first-order valence-corrected chi connectivity index (χ1v) is 8.78. The molecule has 0 saturated carbocycles. The van der Waals surface area contributed by atoms with Crippen LogP contribution in [0.2, 0.25) is 0 Å². The van der Waals surface area contributed by atoms with Crippen molar-refractivity contribution >= 4 is 11.9 Å². The Morgan fingerprint density at radius 3 is 2.72 bits per heavy atom. The molecule has 2 heterocycles. The fourth-order valence-corrected chi connectivity index (χ4v) is 3.49. The zero-order valence-electron chi connectivity index (χ0n) is 15.0. The minimum absolute atomic E-state index is 0.00820. The van der Waals surface area contributed by atoms with Gasteiger partial charge in [-0.15, -0.1) is 0 Å². The third-order valence-corrected chi connectivity index (χ3v) is 4.92. The van der Waals surface area contributed by atoms with Crippen molar-refractivity contribution in [2.45, 2.75) is 32.2 Å². The molecule has 0 radical (unpaired) electrons. The molecule has 1 aromatic rings. The summed E-state index contributed by atoms with van der Waals surface area (Å²) in [5.74, 6) is 0.676. The Morgan fingerprint density at radius 1 is 1.24 bits per heavy atom. The molecule has 0 unspecified atom stereocenters. The topological polar surface area (TPSA) is 61.9 Å². The summed E-state index contributed by atoms with van der Waals surface area (Å²) in [7, 11) is 3.31. The maximum atomic E-state index is 13.0. The minimum Gasteiger partial charge on any atom is -0.496 e. The maximum Gasteiger partial charge on any atom is 0.322 e. The van der Waals surface area contributed by atoms with Crippen molar-refractivity contribution in [1.29, 1.82) is 0 Å². The van der Waals surface area contributed by atoms with E-state index in [1.54, 1.807) is 19.1 Å². The molecule has 3 rings (SSSR count). The molecule has 6 nitrogen and oxygen atoms in total. The maximum absolute atomic E-state index is 13.0. The van der Waals surface area contributed by atoms with Crippen LogP contribution in [0.3, 0.4) is 0 Å². The molecule has 0 bridgehead atoms. The number of nitrogens with one attached hydrogen (secondary N) is 1. The van der Waals surface area contributed by atoms with E-state index in [1.807, 2.05) is 29.2 Å². The summed E-state index contributed by atoms with van der Waals surface area (Å²) in [6, 6.07) is 6.84. The van der Waals surface area contributed by atoms with Gasteiger partial charge >= 0.3 is 6.03 Å². The summed E-state index contributed by atoms with van der Waals surface area (Å²) in [5.41, 5.74) is 2.26. The van der Waals surface area contributed by atoms with E-state index >= 15 is 0 Å². The van der Waals surface area contributed by atoms with Crippen LogP contribution in [0.1, 0.15) is 37.8 Å². The molecule has 0 aromatic heterocycles. The van der Waals surface area contributed by atoms with Gasteiger partial charge in [0.25, 0.3) is 5.91 Å². The summed E-state index contributed by atoms with van der Waals surface area (Å²) >= 11 is 0. The van der Waals surface area contributed by atoms with Crippen LogP contribution in [0, 0.1) is 0 Å². The molecular weight excluding hydrogens is 318 g/mol. The van der Waals surface area contributed by atoms with Gasteiger partial charge in [-0.2, -0.15) is 0 Å². The number of urea groups is 1. The average Bonchev–Trinajstić information content (AvgIpc) is 2.95. The SMILES string of the molecule is CCCCCN1CC2=C(C1=O)[C@H](c1ccccc1OC)NC(=O)N2C. The number of nitrogens with zero attached hydrogens (tertiary/aromatic N) is 2. The van der Waals surface area contributed by atoms with Crippen molar-refractivity contribution in [2.75, 3.05) is 27.2 Å². The summed E-state index contributed by atoms with van der Waals surface area (Å²) in [4.78, 5) is 28.8. The lowest BCUT2D eigenvalue weighted by Crippen LogP contribution is -2.45. The van der Waals surface area contributed by atoms with E-state index in [9.17, 15) is 9.59 Å². The van der Waals surface area contributed by atoms with E-state index in [2.05, 4.69) is 12.2 Å². The lowest BCUT2D eigenvalue weighted by molar-refractivity contribution is -0.125. The van der Waals surface area contributed by atoms with Gasteiger partial charge in [-0.25, -0.2) is 4.79 Å². The molecule has 1 atom stereocenters. The van der Waals surface area contributed by atoms with Crippen molar-refractivity contribution in [1.82, 2.24) is 15.1 Å². The lowest BCUT2D eigenvalue weighted by Gasteiger charge is -2.31. The Morgan fingerprint density at radius 2 is 2.00 bits per heavy atom. The van der Waals surface area contributed by atoms with Gasteiger partial charge in [0.15, 0.2) is 0 Å². The number of methoxy groups -OCH3 is 1. The summed E-state index contributed by atoms with van der Waals surface area (Å²) in [6.07, 6.45) is 3.18. The van der Waals surface area contributed by atoms with Crippen LogP contribution in [0.15, 0.2) is 35.5 Å². The third kappa shape index (κ3) is 3.08. The summed E-state index contributed by atoms with van der Waals surface area (Å²) in [5, 5.41) is 2.95. The van der Waals surface area contributed by atoms with Gasteiger partial charge < -0.3 is 15.0 Å². The normalized spacial score (nSPS) is 20.0. The summed E-state index contributed by atoms with van der Waals surface area (Å²) < 4.78 is 5.44. The van der Waals surface area contributed by atoms with Crippen LogP contribution in [-0.4, -0.2) is 49.0 Å². The van der Waals surface area contributed by atoms with Crippen LogP contribution < -0.4 is 10.1 Å². The highest BCUT2D eigenvalue weighted by Gasteiger charge is 2.43. The van der Waals surface area contributed by atoms with E-state index in [0.717, 1.165) is 37.1 Å². The van der Waals surface area contributed by atoms with Gasteiger partial charge in [-0.1, -0.05) is 38.0 Å². The molecule has 6 heteroatoms. The number of carbonyl (C=O) groups is 2. The summed E-state index contributed by atoms with van der Waals surface area (Å²) in [6.45, 7) is 3.36. The number of benzene rings is 1. The first-order chi connectivity index (χ1) is 12.1. The molecule has 0 aliphatic carbocycles. The molecule has 0 spiro atoms. The Labute approximate surface area is 148 Å². The molecule has 3 amide bonds. The molecule has 0 saturated heterocycles. The standard InChI is InChI=1S/C19H25N3O3/c1-4-5-8-11-22-12-14-16(18(22)23)17(20-19(24)21(14)2)13-9-6-7-10-15(13)25-3/h6-7,9-10,17H,4-5,8,11-12H2,1-3H3,(H,20,24)/t17-/m0/s1. The second-order valence-corrected chi connectivity index (χ2v) is 6.48. The van der Waals surface area contributed by atoms with Crippen LogP contribution in [0.5, 0.6) is 5.75 Å². The van der Waals surface area contributed by atoms with Crippen LogP contribution in [0.4, 0.5) is 4.79 Å². The third-order valence-electron chi connectivity index (χ3n) is 4.92. The Kier molecular flexibility index (Phi) is 4.97. The van der Waals surface area contributed by atoms with E-state index in [0.29, 0.717) is 17.9 Å². The van der Waals surface area contributed by atoms with Crippen molar-refractivity contribution in [3.8, 4) is 5.75 Å². The number of para-hydroxylation sites is 1. The van der Waals surface area contributed by atoms with E-state index in [-0.39, 0.29) is 11.9 Å². The number of unbranched alkanes of at least 4 members (excludes halogenated alkanes) is 2. The second kappa shape index (κ2) is 7.17. The van der Waals surface area contributed by atoms with Crippen molar-refractivity contribution in [3.05, 3.63) is 41.1 Å². The Bertz CT molecular complexity index is 714. The van der Waals surface area contributed by atoms with Crippen molar-refractivity contribution < 1.29 is 14.3 Å². The van der Waals surface area contributed by atoms with Gasteiger partial charge in [0, 0.05) is 19.2 Å². The Balaban J connectivity index is 1.95. The molecule has 25 heavy (non-hydrogen) atoms. The van der Waals surface area contributed by atoms with Gasteiger partial charge in [0.05, 0.1) is 31.0 Å². The molecular formula is C19H25N3O3. The van der Waals surface area contributed by atoms with Crippen molar-refractivity contribution in [2.24, 2.45) is 0 Å². The highest BCUT2D eigenvalue weighted by Crippen LogP contribution is 2.38. The molecule has 2 aliphatic rings. The predicted molar refractivity (Wildman–Crippen MR) is 95.2 cm³/mol. The molecule has 1 aromatic carbocycles.